The van der Waals surface area contributed by atoms with Crippen LogP contribution < -0.4 is 10.6 Å². The van der Waals surface area contributed by atoms with Crippen LogP contribution in [0.3, 0.4) is 0 Å². The second kappa shape index (κ2) is 6.95. The Kier molecular flexibility index (Phi) is 5.57. The minimum absolute atomic E-state index is 0.0233. The number of aliphatic carboxylic acids is 1. The van der Waals surface area contributed by atoms with Crippen molar-refractivity contribution in [2.75, 3.05) is 7.11 Å². The number of hydrogen-bond donors (Lipinski definition) is 3. The molecule has 0 bridgehead atoms. The molecule has 0 spiro atoms. The third-order valence-electron chi connectivity index (χ3n) is 2.89. The Labute approximate surface area is 105 Å². The Morgan fingerprint density at radius 1 is 1.28 bits per heavy atom. The summed E-state index contributed by atoms with van der Waals surface area (Å²) in [7, 11) is 1.58. The van der Waals surface area contributed by atoms with Crippen molar-refractivity contribution >= 4 is 17.9 Å². The molecule has 3 amide bonds. The second-order valence-corrected chi connectivity index (χ2v) is 4.23. The molecule has 1 rings (SSSR count). The van der Waals surface area contributed by atoms with Crippen LogP contribution in [0.1, 0.15) is 32.1 Å². The first-order chi connectivity index (χ1) is 8.52. The maximum atomic E-state index is 11.5. The molecule has 1 saturated carbocycles. The van der Waals surface area contributed by atoms with Crippen LogP contribution in [0.15, 0.2) is 0 Å². The third-order valence-corrected chi connectivity index (χ3v) is 2.89. The lowest BCUT2D eigenvalue weighted by atomic mass is 10.2. The van der Waals surface area contributed by atoms with Crippen molar-refractivity contribution in [3.8, 4) is 0 Å². The summed E-state index contributed by atoms with van der Waals surface area (Å²) >= 11 is 0. The van der Waals surface area contributed by atoms with Crippen molar-refractivity contribution in [1.82, 2.24) is 10.6 Å². The fourth-order valence-corrected chi connectivity index (χ4v) is 1.99. The number of urea groups is 1. The number of carbonyl (C=O) groups excluding carboxylic acids is 2. The fourth-order valence-electron chi connectivity index (χ4n) is 1.99. The Balaban J connectivity index is 2.28. The number of hydrogen-bond acceptors (Lipinski definition) is 4. The maximum Gasteiger partial charge on any atom is 0.321 e. The fraction of sp³-hybridized carbons (Fsp3) is 0.727. The van der Waals surface area contributed by atoms with E-state index in [1.807, 2.05) is 0 Å². The van der Waals surface area contributed by atoms with Crippen LogP contribution in [-0.2, 0) is 14.3 Å². The van der Waals surface area contributed by atoms with Crippen molar-refractivity contribution in [3.63, 3.8) is 0 Å². The number of rotatable bonds is 5. The highest BCUT2D eigenvalue weighted by atomic mass is 16.5. The van der Waals surface area contributed by atoms with Crippen LogP contribution in [0.25, 0.3) is 0 Å². The Morgan fingerprint density at radius 2 is 2.00 bits per heavy atom. The number of methoxy groups -OCH3 is 1. The lowest BCUT2D eigenvalue weighted by Gasteiger charge is -2.19. The molecule has 0 aromatic carbocycles. The second-order valence-electron chi connectivity index (χ2n) is 4.23. The van der Waals surface area contributed by atoms with Crippen LogP contribution in [-0.4, -0.2) is 42.3 Å². The predicted molar refractivity (Wildman–Crippen MR) is 62.0 cm³/mol. The van der Waals surface area contributed by atoms with Crippen molar-refractivity contribution in [2.24, 2.45) is 0 Å². The molecular weight excluding hydrogens is 240 g/mol. The third kappa shape index (κ3) is 4.70. The number of carboxylic acids is 1. The first kappa shape index (κ1) is 14.4. The van der Waals surface area contributed by atoms with Gasteiger partial charge in [0.25, 0.3) is 0 Å². The molecule has 3 N–H and O–H groups in total. The Bertz CT molecular complexity index is 331. The molecule has 1 fully saturated rings. The number of amides is 3. The number of imide groups is 1. The monoisotopic (exact) mass is 258 g/mol. The van der Waals surface area contributed by atoms with Gasteiger partial charge in [0.1, 0.15) is 0 Å². The first-order valence-electron chi connectivity index (χ1n) is 5.88. The van der Waals surface area contributed by atoms with Gasteiger partial charge in [-0.05, 0) is 19.3 Å². The Hall–Kier alpha value is -1.63. The highest BCUT2D eigenvalue weighted by molar-refractivity contribution is 5.95. The van der Waals surface area contributed by atoms with Gasteiger partial charge in [-0.15, -0.1) is 0 Å². The smallest absolute Gasteiger partial charge is 0.321 e. The summed E-state index contributed by atoms with van der Waals surface area (Å²) in [4.78, 5) is 32.9. The first-order valence-corrected chi connectivity index (χ1v) is 5.88. The normalized spacial score (nSPS) is 22.5. The summed E-state index contributed by atoms with van der Waals surface area (Å²) in [6, 6.07) is -0.693. The van der Waals surface area contributed by atoms with Gasteiger partial charge in [0.05, 0.1) is 18.6 Å². The van der Waals surface area contributed by atoms with E-state index in [-0.39, 0.29) is 25.0 Å². The molecule has 1 aliphatic carbocycles. The van der Waals surface area contributed by atoms with Gasteiger partial charge < -0.3 is 15.2 Å². The topological polar surface area (TPSA) is 105 Å². The molecule has 1 aliphatic rings. The molecule has 0 saturated heterocycles. The molecule has 0 aliphatic heterocycles. The summed E-state index contributed by atoms with van der Waals surface area (Å²) in [5, 5.41) is 13.1. The lowest BCUT2D eigenvalue weighted by molar-refractivity contribution is -0.138. The minimum atomic E-state index is -1.07. The SMILES string of the molecule is COC1CCCC1NC(=O)NC(=O)CCC(=O)O. The van der Waals surface area contributed by atoms with E-state index < -0.39 is 17.9 Å². The maximum absolute atomic E-state index is 11.5. The van der Waals surface area contributed by atoms with E-state index in [0.29, 0.717) is 0 Å². The standard InChI is InChI=1S/C11H18N2O5/c1-18-8-4-2-3-7(8)12-11(17)13-9(14)5-6-10(15)16/h7-8H,2-6H2,1H3,(H,15,16)(H2,12,13,14,17). The van der Waals surface area contributed by atoms with E-state index in [9.17, 15) is 14.4 Å². The van der Waals surface area contributed by atoms with Crippen LogP contribution in [0.5, 0.6) is 0 Å². The molecule has 18 heavy (non-hydrogen) atoms. The van der Waals surface area contributed by atoms with E-state index in [2.05, 4.69) is 10.6 Å². The number of ether oxygens (including phenoxy) is 1. The van der Waals surface area contributed by atoms with Crippen LogP contribution in [0, 0.1) is 0 Å². The predicted octanol–water partition coefficient (Wildman–Crippen LogP) is 0.245. The number of nitrogens with one attached hydrogen (secondary N) is 2. The van der Waals surface area contributed by atoms with Crippen LogP contribution >= 0.6 is 0 Å². The van der Waals surface area contributed by atoms with Gasteiger partial charge in [-0.3, -0.25) is 14.9 Å². The van der Waals surface area contributed by atoms with E-state index >= 15 is 0 Å². The average Bonchev–Trinajstić information content (AvgIpc) is 2.73. The summed E-state index contributed by atoms with van der Waals surface area (Å²) < 4.78 is 5.20. The highest BCUT2D eigenvalue weighted by Gasteiger charge is 2.28. The molecule has 0 radical (unpaired) electrons. The van der Waals surface area contributed by atoms with Crippen molar-refractivity contribution < 1.29 is 24.2 Å². The summed E-state index contributed by atoms with van der Waals surface area (Å²) in [5.74, 6) is -1.66. The van der Waals surface area contributed by atoms with E-state index in [1.165, 1.54) is 0 Å². The van der Waals surface area contributed by atoms with Crippen LogP contribution in [0.2, 0.25) is 0 Å². The number of carboxylic acid groups (broad SMARTS) is 1. The molecule has 7 heteroatoms. The molecule has 0 aromatic heterocycles. The van der Waals surface area contributed by atoms with Gasteiger partial charge in [0.15, 0.2) is 0 Å². The molecule has 2 unspecified atom stereocenters. The van der Waals surface area contributed by atoms with Gasteiger partial charge in [0.2, 0.25) is 5.91 Å². The lowest BCUT2D eigenvalue weighted by Crippen LogP contribution is -2.47. The zero-order chi connectivity index (χ0) is 13.5. The van der Waals surface area contributed by atoms with Crippen molar-refractivity contribution in [3.05, 3.63) is 0 Å². The van der Waals surface area contributed by atoms with Gasteiger partial charge in [-0.1, -0.05) is 0 Å². The Morgan fingerprint density at radius 3 is 2.61 bits per heavy atom. The van der Waals surface area contributed by atoms with Gasteiger partial charge >= 0.3 is 12.0 Å². The molecule has 2 atom stereocenters. The van der Waals surface area contributed by atoms with E-state index in [4.69, 9.17) is 9.84 Å². The zero-order valence-corrected chi connectivity index (χ0v) is 10.3. The molecule has 0 aromatic rings. The van der Waals surface area contributed by atoms with Gasteiger partial charge in [0, 0.05) is 13.5 Å². The summed E-state index contributed by atoms with van der Waals surface area (Å²) in [6.45, 7) is 0. The average molecular weight is 258 g/mol. The van der Waals surface area contributed by atoms with E-state index in [1.54, 1.807) is 7.11 Å². The van der Waals surface area contributed by atoms with Gasteiger partial charge in [-0.25, -0.2) is 4.79 Å². The molecule has 102 valence electrons. The molecule has 7 nitrogen and oxygen atoms in total. The zero-order valence-electron chi connectivity index (χ0n) is 10.3. The highest BCUT2D eigenvalue weighted by Crippen LogP contribution is 2.21. The van der Waals surface area contributed by atoms with Gasteiger partial charge in [-0.2, -0.15) is 0 Å². The summed E-state index contributed by atoms with van der Waals surface area (Å²) in [5.41, 5.74) is 0. The minimum Gasteiger partial charge on any atom is -0.481 e. The summed E-state index contributed by atoms with van der Waals surface area (Å²) in [6.07, 6.45) is 2.15. The quantitative estimate of drug-likeness (QED) is 0.655. The molecule has 0 heterocycles. The number of carbonyl (C=O) groups is 3. The van der Waals surface area contributed by atoms with Crippen molar-refractivity contribution in [2.45, 2.75) is 44.2 Å². The van der Waals surface area contributed by atoms with Crippen LogP contribution in [0.4, 0.5) is 4.79 Å². The van der Waals surface area contributed by atoms with E-state index in [0.717, 1.165) is 19.3 Å². The van der Waals surface area contributed by atoms with Crippen molar-refractivity contribution in [1.29, 1.82) is 0 Å². The largest absolute Gasteiger partial charge is 0.481 e. The molecular formula is C11H18N2O5.